The molecule has 0 aromatic carbocycles. The minimum Gasteiger partial charge on any atom is -0.364 e. The van der Waals surface area contributed by atoms with Gasteiger partial charge in [-0.05, 0) is 6.92 Å². The Morgan fingerprint density at radius 1 is 1.44 bits per heavy atom. The lowest BCUT2D eigenvalue weighted by Crippen LogP contribution is -2.38. The van der Waals surface area contributed by atoms with Crippen molar-refractivity contribution in [1.82, 2.24) is 15.8 Å². The Morgan fingerprint density at radius 2 is 2.22 bits per heavy atom. The van der Waals surface area contributed by atoms with Crippen molar-refractivity contribution in [2.24, 2.45) is 4.99 Å². The Morgan fingerprint density at radius 3 is 2.78 bits per heavy atom. The zero-order chi connectivity index (χ0) is 13.4. The van der Waals surface area contributed by atoms with E-state index in [9.17, 15) is 13.2 Å². The maximum absolute atomic E-state index is 12.0. The molecule has 5 nitrogen and oxygen atoms in total. The molecule has 1 rings (SSSR count). The maximum atomic E-state index is 12.0. The molecular weight excluding hydrogens is 249 g/mol. The summed E-state index contributed by atoms with van der Waals surface area (Å²) in [7, 11) is 0. The fraction of sp³-hybridized carbons (Fsp3) is 0.600. The topological polar surface area (TPSA) is 62.5 Å². The van der Waals surface area contributed by atoms with Crippen LogP contribution in [0, 0.1) is 0 Å². The third-order valence-electron chi connectivity index (χ3n) is 1.94. The number of halogens is 3. The molecule has 0 atom stereocenters. The van der Waals surface area contributed by atoms with Gasteiger partial charge in [-0.25, -0.2) is 4.99 Å². The standard InChI is InChI=1S/C10H15F3N4O/c1-2-14-9(15-5-4-10(11,12)13)16-7-8-3-6-18-17-8/h3,6H,2,4-5,7H2,1H3,(H2,14,15,16). The van der Waals surface area contributed by atoms with Crippen molar-refractivity contribution in [3.8, 4) is 0 Å². The van der Waals surface area contributed by atoms with Crippen molar-refractivity contribution in [2.75, 3.05) is 13.1 Å². The van der Waals surface area contributed by atoms with Gasteiger partial charge in [0.15, 0.2) is 5.96 Å². The molecule has 1 aromatic rings. The SMILES string of the molecule is CCNC(=NCc1ccon1)NCCC(F)(F)F. The van der Waals surface area contributed by atoms with Gasteiger partial charge in [-0.15, -0.1) is 0 Å². The molecule has 18 heavy (non-hydrogen) atoms. The fourth-order valence-electron chi connectivity index (χ4n) is 1.14. The zero-order valence-electron chi connectivity index (χ0n) is 9.92. The Labute approximate surface area is 102 Å². The number of nitrogens with one attached hydrogen (secondary N) is 2. The molecular formula is C10H15F3N4O. The number of aromatic nitrogens is 1. The minimum atomic E-state index is -4.17. The highest BCUT2D eigenvalue weighted by Gasteiger charge is 2.26. The van der Waals surface area contributed by atoms with Crippen LogP contribution in [0.15, 0.2) is 21.8 Å². The third kappa shape index (κ3) is 6.12. The van der Waals surface area contributed by atoms with E-state index < -0.39 is 12.6 Å². The molecule has 1 heterocycles. The average molecular weight is 264 g/mol. The van der Waals surface area contributed by atoms with Crippen LogP contribution in [-0.4, -0.2) is 30.4 Å². The lowest BCUT2D eigenvalue weighted by atomic mass is 10.4. The van der Waals surface area contributed by atoms with E-state index in [1.165, 1.54) is 6.26 Å². The zero-order valence-corrected chi connectivity index (χ0v) is 9.92. The summed E-state index contributed by atoms with van der Waals surface area (Å²) in [5.41, 5.74) is 0.614. The first kappa shape index (κ1) is 14.3. The predicted molar refractivity (Wildman–Crippen MR) is 60.0 cm³/mol. The van der Waals surface area contributed by atoms with Crippen LogP contribution in [0.2, 0.25) is 0 Å². The molecule has 0 saturated heterocycles. The Kier molecular flexibility index (Phi) is 5.47. The fourth-order valence-corrected chi connectivity index (χ4v) is 1.14. The van der Waals surface area contributed by atoms with Gasteiger partial charge in [-0.3, -0.25) is 0 Å². The summed E-state index contributed by atoms with van der Waals surface area (Å²) in [6, 6.07) is 1.64. The van der Waals surface area contributed by atoms with Gasteiger partial charge in [0.1, 0.15) is 12.0 Å². The van der Waals surface area contributed by atoms with Crippen molar-refractivity contribution in [2.45, 2.75) is 26.1 Å². The monoisotopic (exact) mass is 264 g/mol. The van der Waals surface area contributed by atoms with Gasteiger partial charge in [0.25, 0.3) is 0 Å². The van der Waals surface area contributed by atoms with Crippen LogP contribution in [0.1, 0.15) is 19.0 Å². The highest BCUT2D eigenvalue weighted by Crippen LogP contribution is 2.17. The van der Waals surface area contributed by atoms with E-state index in [1.807, 2.05) is 6.92 Å². The summed E-state index contributed by atoms with van der Waals surface area (Å²) in [5.74, 6) is 0.324. The van der Waals surface area contributed by atoms with Gasteiger partial charge in [0.2, 0.25) is 0 Å². The van der Waals surface area contributed by atoms with E-state index in [0.717, 1.165) is 0 Å². The number of rotatable bonds is 5. The Bertz CT molecular complexity index is 362. The van der Waals surface area contributed by atoms with Gasteiger partial charge in [0, 0.05) is 19.2 Å². The van der Waals surface area contributed by atoms with E-state index in [-0.39, 0.29) is 13.1 Å². The third-order valence-corrected chi connectivity index (χ3v) is 1.94. The second-order valence-electron chi connectivity index (χ2n) is 3.48. The molecule has 0 aliphatic carbocycles. The maximum Gasteiger partial charge on any atom is 0.390 e. The van der Waals surface area contributed by atoms with Crippen molar-refractivity contribution < 1.29 is 17.7 Å². The summed E-state index contributed by atoms with van der Waals surface area (Å²) in [4.78, 5) is 4.08. The molecule has 0 saturated carbocycles. The first-order valence-electron chi connectivity index (χ1n) is 5.49. The summed E-state index contributed by atoms with van der Waals surface area (Å²) in [6.45, 7) is 2.43. The van der Waals surface area contributed by atoms with Crippen molar-refractivity contribution in [3.05, 3.63) is 18.0 Å². The number of guanidine groups is 1. The van der Waals surface area contributed by atoms with Gasteiger partial charge >= 0.3 is 6.18 Å². The Balaban J connectivity index is 2.41. The Hall–Kier alpha value is -1.73. The van der Waals surface area contributed by atoms with Crippen LogP contribution in [0.4, 0.5) is 13.2 Å². The van der Waals surface area contributed by atoms with Crippen LogP contribution >= 0.6 is 0 Å². The number of nitrogens with zero attached hydrogens (tertiary/aromatic N) is 2. The lowest BCUT2D eigenvalue weighted by Gasteiger charge is -2.12. The molecule has 1 aromatic heterocycles. The van der Waals surface area contributed by atoms with Crippen LogP contribution in [0.5, 0.6) is 0 Å². The molecule has 0 bridgehead atoms. The smallest absolute Gasteiger partial charge is 0.364 e. The minimum absolute atomic E-state index is 0.214. The van der Waals surface area contributed by atoms with Gasteiger partial charge in [-0.1, -0.05) is 5.16 Å². The molecule has 0 radical (unpaired) electrons. The summed E-state index contributed by atoms with van der Waals surface area (Å²) in [5, 5.41) is 9.09. The van der Waals surface area contributed by atoms with E-state index >= 15 is 0 Å². The van der Waals surface area contributed by atoms with Crippen molar-refractivity contribution in [1.29, 1.82) is 0 Å². The average Bonchev–Trinajstić information content (AvgIpc) is 2.77. The van der Waals surface area contributed by atoms with Crippen LogP contribution in [0.3, 0.4) is 0 Å². The highest BCUT2D eigenvalue weighted by atomic mass is 19.4. The van der Waals surface area contributed by atoms with Gasteiger partial charge in [0.05, 0.1) is 13.0 Å². The predicted octanol–water partition coefficient (Wildman–Crippen LogP) is 1.68. The quantitative estimate of drug-likeness (QED) is 0.627. The number of aliphatic imine (C=N–C) groups is 1. The van der Waals surface area contributed by atoms with Crippen LogP contribution in [-0.2, 0) is 6.54 Å². The second-order valence-corrected chi connectivity index (χ2v) is 3.48. The molecule has 0 aliphatic rings. The molecule has 0 spiro atoms. The summed E-state index contributed by atoms with van der Waals surface area (Å²) >= 11 is 0. The molecule has 102 valence electrons. The van der Waals surface area contributed by atoms with Crippen LogP contribution in [0.25, 0.3) is 0 Å². The highest BCUT2D eigenvalue weighted by molar-refractivity contribution is 5.79. The first-order valence-corrected chi connectivity index (χ1v) is 5.49. The van der Waals surface area contributed by atoms with E-state index in [4.69, 9.17) is 0 Å². The molecule has 0 fully saturated rings. The second kappa shape index (κ2) is 6.87. The molecule has 0 amide bonds. The van der Waals surface area contributed by atoms with E-state index in [2.05, 4.69) is 25.3 Å². The molecule has 2 N–H and O–H groups in total. The molecule has 8 heteroatoms. The lowest BCUT2D eigenvalue weighted by molar-refractivity contribution is -0.132. The van der Waals surface area contributed by atoms with Crippen molar-refractivity contribution >= 4 is 5.96 Å². The van der Waals surface area contributed by atoms with Gasteiger partial charge < -0.3 is 15.2 Å². The van der Waals surface area contributed by atoms with Crippen LogP contribution < -0.4 is 10.6 Å². The summed E-state index contributed by atoms with van der Waals surface area (Å²) in [6.07, 6.45) is -3.66. The van der Waals surface area contributed by atoms with Gasteiger partial charge in [-0.2, -0.15) is 13.2 Å². The first-order chi connectivity index (χ1) is 8.51. The van der Waals surface area contributed by atoms with E-state index in [0.29, 0.717) is 18.2 Å². The van der Waals surface area contributed by atoms with E-state index in [1.54, 1.807) is 6.07 Å². The van der Waals surface area contributed by atoms with Crippen molar-refractivity contribution in [3.63, 3.8) is 0 Å². The number of alkyl halides is 3. The molecule has 0 unspecified atom stereocenters. The normalized spacial score (nSPS) is 12.6. The largest absolute Gasteiger partial charge is 0.390 e. The summed E-state index contributed by atoms with van der Waals surface area (Å²) < 4.78 is 40.6. The number of hydrogen-bond acceptors (Lipinski definition) is 3. The molecule has 0 aliphatic heterocycles. The number of hydrogen-bond donors (Lipinski definition) is 2.